The fourth-order valence-corrected chi connectivity index (χ4v) is 8.95. The molecule has 36 heavy (non-hydrogen) atoms. The van der Waals surface area contributed by atoms with E-state index in [2.05, 4.69) is 6.58 Å². The fraction of sp³-hybridized carbons (Fsp3) is 0.593. The molecule has 196 valence electrons. The summed E-state index contributed by atoms with van der Waals surface area (Å²) in [7, 11) is 1.57. The molecule has 4 rings (SSSR count). The zero-order valence-electron chi connectivity index (χ0n) is 21.3. The highest BCUT2D eigenvalue weighted by Crippen LogP contribution is 2.69. The van der Waals surface area contributed by atoms with Crippen molar-refractivity contribution < 1.29 is 29.3 Å². The van der Waals surface area contributed by atoms with Crippen molar-refractivity contribution in [1.82, 2.24) is 4.90 Å². The predicted octanol–water partition coefficient (Wildman–Crippen LogP) is 3.04. The second-order valence-corrected chi connectivity index (χ2v) is 11.8. The smallest absolute Gasteiger partial charge is 0.308 e. The highest BCUT2D eigenvalue weighted by Gasteiger charge is 2.77. The first-order valence-corrected chi connectivity index (χ1v) is 13.5. The van der Waals surface area contributed by atoms with E-state index in [1.807, 2.05) is 20.8 Å². The highest BCUT2D eigenvalue weighted by atomic mass is 32.2. The molecule has 9 heteroatoms. The molecule has 3 fully saturated rings. The molecule has 8 atom stereocenters. The minimum Gasteiger partial charge on any atom is -0.497 e. The molecular weight excluding hydrogens is 480 g/mol. The van der Waals surface area contributed by atoms with Crippen LogP contribution in [0.3, 0.4) is 0 Å². The molecule has 3 saturated heterocycles. The van der Waals surface area contributed by atoms with Gasteiger partial charge in [0.25, 0.3) is 5.91 Å². The van der Waals surface area contributed by atoms with E-state index in [0.717, 1.165) is 0 Å². The largest absolute Gasteiger partial charge is 0.497 e. The number of carboxylic acids is 1. The summed E-state index contributed by atoms with van der Waals surface area (Å²) in [5.41, 5.74) is 0.636. The van der Waals surface area contributed by atoms with Gasteiger partial charge in [-0.15, -0.1) is 18.3 Å². The van der Waals surface area contributed by atoms with Crippen LogP contribution in [0.1, 0.15) is 33.6 Å². The third-order valence-corrected chi connectivity index (χ3v) is 10.6. The Morgan fingerprint density at radius 2 is 2.03 bits per heavy atom. The number of carboxylic acid groups (broad SMARTS) is 1. The van der Waals surface area contributed by atoms with Gasteiger partial charge < -0.3 is 24.7 Å². The Morgan fingerprint density at radius 1 is 1.36 bits per heavy atom. The van der Waals surface area contributed by atoms with Crippen LogP contribution in [0.25, 0.3) is 0 Å². The monoisotopic (exact) mass is 516 g/mol. The number of aliphatic hydroxyl groups is 1. The van der Waals surface area contributed by atoms with Crippen LogP contribution in [0.15, 0.2) is 36.9 Å². The number of nitrogens with zero attached hydrogens (tertiary/aromatic N) is 2. The zero-order chi connectivity index (χ0) is 26.4. The third-order valence-electron chi connectivity index (χ3n) is 8.51. The lowest BCUT2D eigenvalue weighted by molar-refractivity contribution is -0.150. The first-order valence-electron chi connectivity index (χ1n) is 12.6. The van der Waals surface area contributed by atoms with Crippen molar-refractivity contribution >= 4 is 35.2 Å². The number of rotatable bonds is 10. The minimum atomic E-state index is -0.991. The number of fused-ring (bicyclic) bond motifs is 1. The molecule has 2 amide bonds. The molecule has 0 saturated carbocycles. The molecule has 8 nitrogen and oxygen atoms in total. The Balaban J connectivity index is 1.86. The summed E-state index contributed by atoms with van der Waals surface area (Å²) in [6.45, 7) is 9.73. The maximum atomic E-state index is 14.5. The van der Waals surface area contributed by atoms with Crippen LogP contribution in [-0.4, -0.2) is 75.2 Å². The summed E-state index contributed by atoms with van der Waals surface area (Å²) in [5, 5.41) is 20.3. The van der Waals surface area contributed by atoms with Gasteiger partial charge in [0, 0.05) is 17.5 Å². The van der Waals surface area contributed by atoms with Crippen molar-refractivity contribution in [3.8, 4) is 5.75 Å². The molecule has 3 unspecified atom stereocenters. The van der Waals surface area contributed by atoms with Crippen LogP contribution in [0.5, 0.6) is 5.75 Å². The van der Waals surface area contributed by atoms with Gasteiger partial charge in [-0.05, 0) is 42.5 Å². The second-order valence-electron chi connectivity index (χ2n) is 10.2. The average molecular weight is 517 g/mol. The van der Waals surface area contributed by atoms with Crippen LogP contribution < -0.4 is 9.64 Å². The van der Waals surface area contributed by atoms with Gasteiger partial charge in [0.05, 0.1) is 36.3 Å². The first kappa shape index (κ1) is 26.5. The van der Waals surface area contributed by atoms with E-state index >= 15 is 0 Å². The quantitative estimate of drug-likeness (QED) is 0.460. The Hall–Kier alpha value is -2.52. The van der Waals surface area contributed by atoms with Crippen LogP contribution in [0, 0.1) is 23.7 Å². The second kappa shape index (κ2) is 10.1. The van der Waals surface area contributed by atoms with Gasteiger partial charge in [0.15, 0.2) is 0 Å². The van der Waals surface area contributed by atoms with Crippen molar-refractivity contribution in [2.75, 3.05) is 25.2 Å². The third kappa shape index (κ3) is 3.82. The normalized spacial score (nSPS) is 32.2. The number of hydrogen-bond acceptors (Lipinski definition) is 6. The number of anilines is 1. The maximum Gasteiger partial charge on any atom is 0.308 e. The Morgan fingerprint density at radius 3 is 2.56 bits per heavy atom. The van der Waals surface area contributed by atoms with E-state index in [9.17, 15) is 24.6 Å². The SMILES string of the molecule is C=CCN(C(=O)C1N([C@@H](CO)[C@@H](C)CC)C(=O)[C@@H]2[C@@H](C(=O)O)[C@H]3CC(C)C12S3)c1ccc(OC)cc1. The summed E-state index contributed by atoms with van der Waals surface area (Å²) in [6.07, 6.45) is 2.98. The molecule has 0 aliphatic carbocycles. The molecule has 3 heterocycles. The van der Waals surface area contributed by atoms with Crippen LogP contribution >= 0.6 is 11.8 Å². The summed E-state index contributed by atoms with van der Waals surface area (Å²) in [6, 6.07) is 5.64. The molecule has 1 aromatic carbocycles. The average Bonchev–Trinajstić information content (AvgIpc) is 3.46. The first-order chi connectivity index (χ1) is 17.2. The van der Waals surface area contributed by atoms with E-state index in [0.29, 0.717) is 24.3 Å². The number of thioether (sulfide) groups is 1. The summed E-state index contributed by atoms with van der Waals surface area (Å²) < 4.78 is 4.40. The number of aliphatic hydroxyl groups excluding tert-OH is 1. The number of carbonyl (C=O) groups excluding carboxylic acids is 2. The fourth-order valence-electron chi connectivity index (χ4n) is 6.55. The molecule has 1 aromatic rings. The van der Waals surface area contributed by atoms with Crippen LogP contribution in [-0.2, 0) is 14.4 Å². The molecule has 2 N–H and O–H groups in total. The number of aliphatic carboxylic acids is 1. The Labute approximate surface area is 216 Å². The standard InChI is InChI=1S/C27H36N2O6S/c1-6-12-28(17-8-10-18(35-5)11-9-17)25(32)23-27-16(4)13-20(36-27)21(26(33)34)22(27)24(31)29(23)19(14-30)15(3)7-2/h6,8-11,15-16,19-23,30H,1,7,12-14H2,2-5H3,(H,33,34)/t15-,16?,19-,20+,21-,22-,23?,27?/m0/s1. The van der Waals surface area contributed by atoms with Crippen molar-refractivity contribution in [3.05, 3.63) is 36.9 Å². The number of ether oxygens (including phenoxy) is 1. The lowest BCUT2D eigenvalue weighted by Gasteiger charge is -2.43. The Bertz CT molecular complexity index is 1030. The van der Waals surface area contributed by atoms with Crippen molar-refractivity contribution in [2.45, 2.75) is 55.7 Å². The van der Waals surface area contributed by atoms with Gasteiger partial charge in [-0.3, -0.25) is 14.4 Å². The van der Waals surface area contributed by atoms with Gasteiger partial charge in [-0.2, -0.15) is 0 Å². The summed E-state index contributed by atoms with van der Waals surface area (Å²) in [5.74, 6) is -2.69. The van der Waals surface area contributed by atoms with Gasteiger partial charge in [0.1, 0.15) is 11.8 Å². The summed E-state index contributed by atoms with van der Waals surface area (Å²) >= 11 is 1.50. The van der Waals surface area contributed by atoms with Crippen LogP contribution in [0.4, 0.5) is 5.69 Å². The zero-order valence-corrected chi connectivity index (χ0v) is 22.1. The lowest BCUT2D eigenvalue weighted by Crippen LogP contribution is -2.60. The van der Waals surface area contributed by atoms with Gasteiger partial charge in [-0.1, -0.05) is 33.3 Å². The number of carbonyl (C=O) groups is 3. The van der Waals surface area contributed by atoms with Crippen LogP contribution in [0.2, 0.25) is 0 Å². The molecule has 0 radical (unpaired) electrons. The van der Waals surface area contributed by atoms with Crippen molar-refractivity contribution in [2.24, 2.45) is 23.7 Å². The lowest BCUT2D eigenvalue weighted by atomic mass is 9.66. The molecule has 0 aromatic heterocycles. The van der Waals surface area contributed by atoms with Gasteiger partial charge in [-0.25, -0.2) is 0 Å². The van der Waals surface area contributed by atoms with Crippen molar-refractivity contribution in [1.29, 1.82) is 0 Å². The highest BCUT2D eigenvalue weighted by molar-refractivity contribution is 8.02. The van der Waals surface area contributed by atoms with E-state index in [-0.39, 0.29) is 42.1 Å². The predicted molar refractivity (Wildman–Crippen MR) is 139 cm³/mol. The van der Waals surface area contributed by atoms with Gasteiger partial charge >= 0.3 is 5.97 Å². The number of methoxy groups -OCH3 is 1. The molecule has 2 bridgehead atoms. The molecule has 3 aliphatic heterocycles. The van der Waals surface area contributed by atoms with E-state index in [1.165, 1.54) is 11.8 Å². The maximum absolute atomic E-state index is 14.5. The number of likely N-dealkylation sites (tertiary alicyclic amines) is 1. The Kier molecular flexibility index (Phi) is 7.44. The molecule has 3 aliphatic rings. The van der Waals surface area contributed by atoms with E-state index in [4.69, 9.17) is 4.74 Å². The minimum absolute atomic E-state index is 0.0336. The topological polar surface area (TPSA) is 107 Å². The molecular formula is C27H36N2O6S. The van der Waals surface area contributed by atoms with Crippen molar-refractivity contribution in [3.63, 3.8) is 0 Å². The van der Waals surface area contributed by atoms with Gasteiger partial charge in [0.2, 0.25) is 5.91 Å². The van der Waals surface area contributed by atoms with E-state index in [1.54, 1.807) is 47.3 Å². The number of benzene rings is 1. The molecule has 1 spiro atoms. The number of hydrogen-bond donors (Lipinski definition) is 2. The van der Waals surface area contributed by atoms with E-state index < -0.39 is 34.6 Å². The number of amides is 2. The summed E-state index contributed by atoms with van der Waals surface area (Å²) in [4.78, 5) is 44.2.